The van der Waals surface area contributed by atoms with Crippen LogP contribution in [-0.2, 0) is 4.79 Å². The molecule has 2 aliphatic rings. The van der Waals surface area contributed by atoms with Crippen LogP contribution in [0.1, 0.15) is 62.5 Å². The number of rotatable bonds is 2. The summed E-state index contributed by atoms with van der Waals surface area (Å²) in [7, 11) is 0. The molecule has 1 aromatic heterocycles. The SMILES string of the molecule is Cc1nc2n(n1)[C@H](c1ccc(C(C)C)cc1)C1=C(C[C@@H](C)CC1=O)N2. The van der Waals surface area contributed by atoms with E-state index in [0.717, 1.165) is 29.2 Å². The molecule has 4 rings (SSSR count). The average Bonchev–Trinajstić information content (AvgIpc) is 2.92. The van der Waals surface area contributed by atoms with Crippen molar-refractivity contribution in [2.75, 3.05) is 5.32 Å². The lowest BCUT2D eigenvalue weighted by atomic mass is 9.81. The lowest BCUT2D eigenvalue weighted by Gasteiger charge is -2.34. The Morgan fingerprint density at radius 2 is 1.92 bits per heavy atom. The van der Waals surface area contributed by atoms with Crippen molar-refractivity contribution in [3.8, 4) is 0 Å². The summed E-state index contributed by atoms with van der Waals surface area (Å²) in [6.07, 6.45) is 1.48. The van der Waals surface area contributed by atoms with E-state index < -0.39 is 0 Å². The fourth-order valence-electron chi connectivity index (χ4n) is 3.88. The highest BCUT2D eigenvalue weighted by molar-refractivity contribution is 5.99. The molecule has 25 heavy (non-hydrogen) atoms. The van der Waals surface area contributed by atoms with E-state index in [4.69, 9.17) is 0 Å². The number of benzene rings is 1. The molecule has 0 fully saturated rings. The van der Waals surface area contributed by atoms with Gasteiger partial charge in [-0.1, -0.05) is 45.0 Å². The third-order valence-corrected chi connectivity index (χ3v) is 5.15. The summed E-state index contributed by atoms with van der Waals surface area (Å²) in [5.41, 5.74) is 4.26. The van der Waals surface area contributed by atoms with Crippen LogP contribution in [0.4, 0.5) is 5.95 Å². The number of hydrogen-bond acceptors (Lipinski definition) is 4. The largest absolute Gasteiger partial charge is 0.328 e. The zero-order valence-corrected chi connectivity index (χ0v) is 15.2. The van der Waals surface area contributed by atoms with Crippen LogP contribution < -0.4 is 5.32 Å². The van der Waals surface area contributed by atoms with Crippen LogP contribution in [0.2, 0.25) is 0 Å². The summed E-state index contributed by atoms with van der Waals surface area (Å²) in [6, 6.07) is 8.38. The molecular formula is C20H24N4O. The van der Waals surface area contributed by atoms with E-state index in [1.807, 2.05) is 11.6 Å². The van der Waals surface area contributed by atoms with Crippen LogP contribution in [0.15, 0.2) is 35.5 Å². The Hall–Kier alpha value is -2.43. The first kappa shape index (κ1) is 16.1. The Labute approximate surface area is 148 Å². The first-order valence-electron chi connectivity index (χ1n) is 9.00. The summed E-state index contributed by atoms with van der Waals surface area (Å²) in [5, 5.41) is 7.93. The first-order chi connectivity index (χ1) is 11.9. The molecule has 0 spiro atoms. The smallest absolute Gasteiger partial charge is 0.226 e. The number of nitrogens with zero attached hydrogens (tertiary/aromatic N) is 3. The third-order valence-electron chi connectivity index (χ3n) is 5.15. The number of anilines is 1. The zero-order chi connectivity index (χ0) is 17.7. The number of fused-ring (bicyclic) bond motifs is 1. The Morgan fingerprint density at radius 3 is 2.60 bits per heavy atom. The highest BCUT2D eigenvalue weighted by atomic mass is 16.1. The average molecular weight is 336 g/mol. The van der Waals surface area contributed by atoms with Crippen molar-refractivity contribution in [3.05, 3.63) is 52.5 Å². The molecule has 0 unspecified atom stereocenters. The molecule has 1 aromatic carbocycles. The highest BCUT2D eigenvalue weighted by Crippen LogP contribution is 2.41. The van der Waals surface area contributed by atoms with E-state index in [9.17, 15) is 4.79 Å². The van der Waals surface area contributed by atoms with E-state index in [1.165, 1.54) is 5.56 Å². The van der Waals surface area contributed by atoms with Crippen LogP contribution in [0, 0.1) is 12.8 Å². The second kappa shape index (κ2) is 5.83. The maximum absolute atomic E-state index is 12.9. The van der Waals surface area contributed by atoms with Crippen LogP contribution in [0.5, 0.6) is 0 Å². The van der Waals surface area contributed by atoms with Gasteiger partial charge < -0.3 is 5.32 Å². The Balaban J connectivity index is 1.85. The number of ketones is 1. The van der Waals surface area contributed by atoms with Gasteiger partial charge in [-0.05, 0) is 36.3 Å². The monoisotopic (exact) mass is 336 g/mol. The minimum atomic E-state index is -0.186. The maximum Gasteiger partial charge on any atom is 0.226 e. The Bertz CT molecular complexity index is 860. The summed E-state index contributed by atoms with van der Waals surface area (Å²) in [4.78, 5) is 17.4. The molecule has 1 N–H and O–H groups in total. The van der Waals surface area contributed by atoms with Crippen molar-refractivity contribution in [2.24, 2.45) is 5.92 Å². The van der Waals surface area contributed by atoms with E-state index in [1.54, 1.807) is 0 Å². The van der Waals surface area contributed by atoms with Gasteiger partial charge >= 0.3 is 0 Å². The van der Waals surface area contributed by atoms with Gasteiger partial charge in [-0.2, -0.15) is 10.1 Å². The fourth-order valence-corrected chi connectivity index (χ4v) is 3.88. The molecule has 2 aromatic rings. The number of aryl methyl sites for hydroxylation is 1. The minimum Gasteiger partial charge on any atom is -0.328 e. The van der Waals surface area contributed by atoms with Gasteiger partial charge in [-0.3, -0.25) is 4.79 Å². The molecule has 2 atom stereocenters. The molecule has 5 nitrogen and oxygen atoms in total. The molecule has 5 heteroatoms. The van der Waals surface area contributed by atoms with Crippen molar-refractivity contribution in [2.45, 2.75) is 52.5 Å². The number of carbonyl (C=O) groups excluding carboxylic acids is 1. The molecule has 0 bridgehead atoms. The van der Waals surface area contributed by atoms with Crippen LogP contribution in [-0.4, -0.2) is 20.5 Å². The number of hydrogen-bond donors (Lipinski definition) is 1. The molecule has 1 aliphatic heterocycles. The van der Waals surface area contributed by atoms with Crippen molar-refractivity contribution >= 4 is 11.7 Å². The molecule has 2 heterocycles. The molecule has 0 radical (unpaired) electrons. The van der Waals surface area contributed by atoms with Gasteiger partial charge in [0.1, 0.15) is 11.9 Å². The number of carbonyl (C=O) groups is 1. The van der Waals surface area contributed by atoms with Crippen molar-refractivity contribution in [3.63, 3.8) is 0 Å². The Morgan fingerprint density at radius 1 is 1.20 bits per heavy atom. The van der Waals surface area contributed by atoms with Gasteiger partial charge in [0.2, 0.25) is 5.95 Å². The Kier molecular flexibility index (Phi) is 3.74. The normalized spacial score (nSPS) is 22.7. The predicted octanol–water partition coefficient (Wildman–Crippen LogP) is 3.98. The van der Waals surface area contributed by atoms with Crippen molar-refractivity contribution in [1.29, 1.82) is 0 Å². The minimum absolute atomic E-state index is 0.186. The molecular weight excluding hydrogens is 312 g/mol. The summed E-state index contributed by atoms with van der Waals surface area (Å²) in [6.45, 7) is 8.38. The van der Waals surface area contributed by atoms with E-state index in [-0.39, 0.29) is 11.8 Å². The van der Waals surface area contributed by atoms with E-state index >= 15 is 0 Å². The molecule has 0 saturated carbocycles. The van der Waals surface area contributed by atoms with Gasteiger partial charge in [0.25, 0.3) is 0 Å². The van der Waals surface area contributed by atoms with Crippen molar-refractivity contribution < 1.29 is 4.79 Å². The van der Waals surface area contributed by atoms with Gasteiger partial charge in [0, 0.05) is 17.7 Å². The maximum atomic E-state index is 12.9. The van der Waals surface area contributed by atoms with Crippen LogP contribution in [0.3, 0.4) is 0 Å². The first-order valence-corrected chi connectivity index (χ1v) is 9.00. The van der Waals surface area contributed by atoms with Gasteiger partial charge in [0.05, 0.1) is 0 Å². The van der Waals surface area contributed by atoms with E-state index in [2.05, 4.69) is 60.4 Å². The fraction of sp³-hybridized carbons (Fsp3) is 0.450. The lowest BCUT2D eigenvalue weighted by Crippen LogP contribution is -2.33. The number of allylic oxidation sites excluding steroid dienone is 2. The zero-order valence-electron chi connectivity index (χ0n) is 15.2. The van der Waals surface area contributed by atoms with Gasteiger partial charge in [-0.25, -0.2) is 4.68 Å². The quantitative estimate of drug-likeness (QED) is 0.901. The number of Topliss-reactive ketones (excluding diaryl/α,β-unsaturated/α-hetero) is 1. The van der Waals surface area contributed by atoms with Crippen molar-refractivity contribution in [1.82, 2.24) is 14.8 Å². The number of aromatic nitrogens is 3. The topological polar surface area (TPSA) is 59.8 Å². The molecule has 1 aliphatic carbocycles. The predicted molar refractivity (Wildman–Crippen MR) is 97.5 cm³/mol. The summed E-state index contributed by atoms with van der Waals surface area (Å²) < 4.78 is 1.87. The van der Waals surface area contributed by atoms with E-state index in [0.29, 0.717) is 24.1 Å². The van der Waals surface area contributed by atoms with Gasteiger partial charge in [-0.15, -0.1) is 0 Å². The third kappa shape index (κ3) is 2.68. The second-order valence-electron chi connectivity index (χ2n) is 7.60. The standard InChI is InChI=1S/C20H24N4O/c1-11(2)14-5-7-15(8-6-14)19-18-16(9-12(3)10-17(18)25)22-20-21-13(4)23-24(19)20/h5-8,11-12,19H,9-10H2,1-4H3,(H,21,22,23)/t12-,19-/m1/s1. The van der Waals surface area contributed by atoms with Gasteiger partial charge in [0.15, 0.2) is 5.78 Å². The van der Waals surface area contributed by atoms with Crippen LogP contribution >= 0.6 is 0 Å². The highest BCUT2D eigenvalue weighted by Gasteiger charge is 2.38. The lowest BCUT2D eigenvalue weighted by molar-refractivity contribution is -0.117. The second-order valence-corrected chi connectivity index (χ2v) is 7.60. The number of nitrogens with one attached hydrogen (secondary N) is 1. The molecule has 130 valence electrons. The summed E-state index contributed by atoms with van der Waals surface area (Å²) >= 11 is 0. The molecule has 0 amide bonds. The summed E-state index contributed by atoms with van der Waals surface area (Å²) in [5.74, 6) is 2.51. The van der Waals surface area contributed by atoms with Crippen LogP contribution in [0.25, 0.3) is 0 Å². The molecule has 0 saturated heterocycles.